The van der Waals surface area contributed by atoms with Crippen molar-refractivity contribution in [2.24, 2.45) is 0 Å². The number of fused-ring (bicyclic) bond motifs is 1. The number of nitrogens with zero attached hydrogens (tertiary/aromatic N) is 1. The second-order valence-electron chi connectivity index (χ2n) is 5.00. The van der Waals surface area contributed by atoms with Gasteiger partial charge in [0.15, 0.2) is 9.75 Å². The lowest BCUT2D eigenvalue weighted by molar-refractivity contribution is -0.194. The van der Waals surface area contributed by atoms with Crippen LogP contribution in [0.25, 0.3) is 0 Å². The summed E-state index contributed by atoms with van der Waals surface area (Å²) in [7, 11) is -4.30. The van der Waals surface area contributed by atoms with E-state index in [1.807, 2.05) is 4.72 Å². The molecule has 1 atom stereocenters. The number of alkyl halides is 3. The van der Waals surface area contributed by atoms with E-state index in [0.717, 1.165) is 0 Å². The Morgan fingerprint density at radius 1 is 1.23 bits per heavy atom. The second-order valence-corrected chi connectivity index (χ2v) is 7.74. The van der Waals surface area contributed by atoms with Crippen LogP contribution in [0.4, 0.5) is 13.2 Å². The van der Waals surface area contributed by atoms with Gasteiger partial charge in [-0.15, -0.1) is 0 Å². The van der Waals surface area contributed by atoms with Crippen LogP contribution in [0.3, 0.4) is 0 Å². The van der Waals surface area contributed by atoms with Gasteiger partial charge in [-0.1, -0.05) is 24.3 Å². The van der Waals surface area contributed by atoms with E-state index in [2.05, 4.69) is 4.37 Å². The maximum atomic E-state index is 13.7. The second kappa shape index (κ2) is 5.04. The fourth-order valence-corrected chi connectivity index (χ4v) is 4.81. The van der Waals surface area contributed by atoms with Crippen molar-refractivity contribution in [1.82, 2.24) is 9.10 Å². The summed E-state index contributed by atoms with van der Waals surface area (Å²) in [4.78, 5) is 0. The molecule has 0 saturated heterocycles. The summed E-state index contributed by atoms with van der Waals surface area (Å²) in [6.07, 6.45) is -3.69. The minimum Gasteiger partial charge on any atom is -0.206 e. The number of hydrogen-bond donors (Lipinski definition) is 1. The van der Waals surface area contributed by atoms with Gasteiger partial charge in [0.2, 0.25) is 0 Å². The van der Waals surface area contributed by atoms with Gasteiger partial charge in [-0.2, -0.15) is 22.3 Å². The van der Waals surface area contributed by atoms with Gasteiger partial charge < -0.3 is 0 Å². The fourth-order valence-electron chi connectivity index (χ4n) is 2.69. The number of rotatable bonds is 3. The molecule has 0 amide bonds. The smallest absolute Gasteiger partial charge is 0.206 e. The average Bonchev–Trinajstić information content (AvgIpc) is 3.07. The Kier molecular flexibility index (Phi) is 3.54. The van der Waals surface area contributed by atoms with Crippen molar-refractivity contribution in [2.45, 2.75) is 28.8 Å². The Labute approximate surface area is 129 Å². The highest BCUT2D eigenvalue weighted by Crippen LogP contribution is 2.48. The molecule has 0 bridgehead atoms. The summed E-state index contributed by atoms with van der Waals surface area (Å²) in [5.41, 5.74) is -2.12. The van der Waals surface area contributed by atoms with E-state index in [0.29, 0.717) is 17.1 Å². The first-order valence-electron chi connectivity index (χ1n) is 6.36. The van der Waals surface area contributed by atoms with Crippen LogP contribution in [0.15, 0.2) is 40.7 Å². The van der Waals surface area contributed by atoms with Crippen LogP contribution >= 0.6 is 11.5 Å². The topological polar surface area (TPSA) is 59.1 Å². The maximum Gasteiger partial charge on any atom is 0.411 e. The largest absolute Gasteiger partial charge is 0.411 e. The normalized spacial score (nSPS) is 21.8. The third-order valence-corrected chi connectivity index (χ3v) is 6.43. The third-order valence-electron chi connectivity index (χ3n) is 3.72. The Morgan fingerprint density at radius 2 is 1.95 bits per heavy atom. The van der Waals surface area contributed by atoms with Crippen molar-refractivity contribution < 1.29 is 21.6 Å². The highest BCUT2D eigenvalue weighted by atomic mass is 32.2. The number of hydrogen-bond acceptors (Lipinski definition) is 4. The molecule has 2 aromatic rings. The van der Waals surface area contributed by atoms with Crippen LogP contribution in [-0.2, 0) is 22.0 Å². The zero-order chi connectivity index (χ0) is 16.0. The van der Waals surface area contributed by atoms with E-state index in [1.165, 1.54) is 24.4 Å². The SMILES string of the molecule is O=S(=O)(NC1(C(F)(F)F)CCc2ccccc21)c1ccns1. The molecular weight excluding hydrogens is 337 g/mol. The minimum absolute atomic E-state index is 0.0319. The van der Waals surface area contributed by atoms with Crippen LogP contribution in [-0.4, -0.2) is 19.0 Å². The zero-order valence-corrected chi connectivity index (χ0v) is 12.7. The predicted molar refractivity (Wildman–Crippen MR) is 74.9 cm³/mol. The van der Waals surface area contributed by atoms with E-state index in [-0.39, 0.29) is 22.6 Å². The molecule has 0 fully saturated rings. The first-order valence-corrected chi connectivity index (χ1v) is 8.62. The molecule has 0 aliphatic heterocycles. The van der Waals surface area contributed by atoms with Gasteiger partial charge in [-0.3, -0.25) is 0 Å². The minimum atomic E-state index is -4.74. The number of aromatic nitrogens is 1. The van der Waals surface area contributed by atoms with Crippen LogP contribution < -0.4 is 4.72 Å². The van der Waals surface area contributed by atoms with Crippen LogP contribution in [0.1, 0.15) is 17.5 Å². The number of nitrogens with one attached hydrogen (secondary N) is 1. The monoisotopic (exact) mass is 348 g/mol. The van der Waals surface area contributed by atoms with Gasteiger partial charge >= 0.3 is 6.18 Å². The van der Waals surface area contributed by atoms with E-state index >= 15 is 0 Å². The molecule has 1 N–H and O–H groups in total. The van der Waals surface area contributed by atoms with Gasteiger partial charge in [-0.05, 0) is 41.6 Å². The molecule has 3 rings (SSSR count). The predicted octanol–water partition coefficient (Wildman–Crippen LogP) is 2.83. The number of benzene rings is 1. The van der Waals surface area contributed by atoms with E-state index in [4.69, 9.17) is 0 Å². The van der Waals surface area contributed by atoms with Crippen molar-refractivity contribution in [3.63, 3.8) is 0 Å². The molecule has 1 heterocycles. The van der Waals surface area contributed by atoms with Gasteiger partial charge in [0.05, 0.1) is 0 Å². The van der Waals surface area contributed by atoms with Crippen molar-refractivity contribution in [3.05, 3.63) is 47.7 Å². The highest BCUT2D eigenvalue weighted by Gasteiger charge is 2.60. The van der Waals surface area contributed by atoms with E-state index in [9.17, 15) is 21.6 Å². The summed E-state index contributed by atoms with van der Waals surface area (Å²) in [5.74, 6) is 0. The Bertz CT molecular complexity index is 788. The van der Waals surface area contributed by atoms with Gasteiger partial charge in [0, 0.05) is 6.20 Å². The molecule has 9 heteroatoms. The first kappa shape index (κ1) is 15.4. The molecule has 1 aromatic heterocycles. The van der Waals surface area contributed by atoms with Crippen molar-refractivity contribution in [3.8, 4) is 0 Å². The van der Waals surface area contributed by atoms with Crippen molar-refractivity contribution in [2.75, 3.05) is 0 Å². The molecule has 1 aliphatic carbocycles. The van der Waals surface area contributed by atoms with Gasteiger partial charge in [-0.25, -0.2) is 8.42 Å². The summed E-state index contributed by atoms with van der Waals surface area (Å²) in [6.45, 7) is 0. The van der Waals surface area contributed by atoms with Crippen LogP contribution in [0.2, 0.25) is 0 Å². The third kappa shape index (κ3) is 2.33. The number of halogens is 3. The van der Waals surface area contributed by atoms with E-state index < -0.39 is 21.7 Å². The van der Waals surface area contributed by atoms with Gasteiger partial charge in [0.25, 0.3) is 10.0 Å². The summed E-state index contributed by atoms with van der Waals surface area (Å²) in [6, 6.07) is 7.21. The van der Waals surface area contributed by atoms with Crippen molar-refractivity contribution >= 4 is 21.6 Å². The average molecular weight is 348 g/mol. The summed E-state index contributed by atoms with van der Waals surface area (Å²) < 4.78 is 71.0. The molecular formula is C13H11F3N2O2S2. The van der Waals surface area contributed by atoms with E-state index in [1.54, 1.807) is 12.1 Å². The molecule has 22 heavy (non-hydrogen) atoms. The quantitative estimate of drug-likeness (QED) is 0.928. The molecule has 4 nitrogen and oxygen atoms in total. The summed E-state index contributed by atoms with van der Waals surface area (Å²) >= 11 is 0.636. The highest BCUT2D eigenvalue weighted by molar-refractivity contribution is 7.91. The standard InChI is InChI=1S/C13H11F3N2O2S2/c14-13(15,16)12(7-5-9-3-1-2-4-10(9)12)18-22(19,20)11-6-8-17-21-11/h1-4,6,8,18H,5,7H2. The lowest BCUT2D eigenvalue weighted by Crippen LogP contribution is -2.54. The number of sulfonamides is 1. The first-order chi connectivity index (χ1) is 10.3. The summed E-state index contributed by atoms with van der Waals surface area (Å²) in [5, 5.41) is 0. The lowest BCUT2D eigenvalue weighted by atomic mass is 9.92. The lowest BCUT2D eigenvalue weighted by Gasteiger charge is -2.33. The molecule has 0 radical (unpaired) electrons. The number of aryl methyl sites for hydroxylation is 1. The molecule has 0 spiro atoms. The molecule has 118 valence electrons. The molecule has 1 aliphatic rings. The molecule has 0 saturated carbocycles. The Morgan fingerprint density at radius 3 is 2.59 bits per heavy atom. The van der Waals surface area contributed by atoms with Gasteiger partial charge in [0.1, 0.15) is 0 Å². The molecule has 1 aromatic carbocycles. The zero-order valence-electron chi connectivity index (χ0n) is 11.1. The Hall–Kier alpha value is -1.45. The fraction of sp³-hybridized carbons (Fsp3) is 0.308. The maximum absolute atomic E-state index is 13.7. The van der Waals surface area contributed by atoms with Crippen LogP contribution in [0.5, 0.6) is 0 Å². The molecule has 1 unspecified atom stereocenters. The van der Waals surface area contributed by atoms with Crippen molar-refractivity contribution in [1.29, 1.82) is 0 Å². The Balaban J connectivity index is 2.11. The van der Waals surface area contributed by atoms with Crippen LogP contribution in [0, 0.1) is 0 Å².